The number of carbonyl (C=O) groups excluding carboxylic acids is 1. The molecule has 0 aromatic heterocycles. The predicted molar refractivity (Wildman–Crippen MR) is 83.0 cm³/mol. The number of urea groups is 1. The average molecular weight is 278 g/mol. The number of benzene rings is 1. The van der Waals surface area contributed by atoms with Crippen molar-refractivity contribution in [1.29, 1.82) is 0 Å². The summed E-state index contributed by atoms with van der Waals surface area (Å²) < 4.78 is 0. The van der Waals surface area contributed by atoms with Crippen molar-refractivity contribution < 1.29 is 9.90 Å². The summed E-state index contributed by atoms with van der Waals surface area (Å²) in [5.74, 6) is 0. The molecule has 1 aromatic rings. The van der Waals surface area contributed by atoms with Crippen LogP contribution in [0.5, 0.6) is 0 Å². The number of nitrogens with zero attached hydrogens (tertiary/aromatic N) is 1. The quantitative estimate of drug-likeness (QED) is 0.804. The van der Waals surface area contributed by atoms with E-state index in [0.29, 0.717) is 13.0 Å². The molecule has 0 aliphatic heterocycles. The van der Waals surface area contributed by atoms with E-state index in [1.54, 1.807) is 18.9 Å². The highest BCUT2D eigenvalue weighted by atomic mass is 16.3. The molecule has 0 saturated carbocycles. The molecule has 1 aromatic carbocycles. The lowest BCUT2D eigenvalue weighted by Crippen LogP contribution is -2.33. The van der Waals surface area contributed by atoms with E-state index in [4.69, 9.17) is 0 Å². The van der Waals surface area contributed by atoms with Gasteiger partial charge in [-0.2, -0.15) is 0 Å². The largest absolute Gasteiger partial charge is 0.393 e. The first-order chi connectivity index (χ1) is 9.52. The molecule has 0 bridgehead atoms. The van der Waals surface area contributed by atoms with Crippen molar-refractivity contribution in [1.82, 2.24) is 4.90 Å². The summed E-state index contributed by atoms with van der Waals surface area (Å²) in [6, 6.07) is 7.84. The fourth-order valence-corrected chi connectivity index (χ4v) is 1.84. The highest BCUT2D eigenvalue weighted by Crippen LogP contribution is 2.12. The van der Waals surface area contributed by atoms with E-state index in [1.807, 2.05) is 12.1 Å². The van der Waals surface area contributed by atoms with E-state index in [2.05, 4.69) is 24.4 Å². The third kappa shape index (κ3) is 6.06. The first kappa shape index (κ1) is 16.5. The number of hydrogen-bond donors (Lipinski definition) is 2. The van der Waals surface area contributed by atoms with Crippen LogP contribution in [0, 0.1) is 0 Å². The molecule has 1 rings (SSSR count). The minimum absolute atomic E-state index is 0.146. The van der Waals surface area contributed by atoms with Crippen molar-refractivity contribution in [2.75, 3.05) is 18.9 Å². The van der Waals surface area contributed by atoms with Crippen LogP contribution in [0.4, 0.5) is 10.5 Å². The highest BCUT2D eigenvalue weighted by Gasteiger charge is 2.09. The first-order valence-electron chi connectivity index (χ1n) is 7.32. The Bertz CT molecular complexity index is 401. The Hall–Kier alpha value is -1.55. The van der Waals surface area contributed by atoms with E-state index >= 15 is 0 Å². The number of nitrogens with one attached hydrogen (secondary N) is 1. The van der Waals surface area contributed by atoms with Crippen molar-refractivity contribution in [3.8, 4) is 0 Å². The van der Waals surface area contributed by atoms with Crippen molar-refractivity contribution in [2.24, 2.45) is 0 Å². The van der Waals surface area contributed by atoms with Crippen LogP contribution in [0.25, 0.3) is 0 Å². The van der Waals surface area contributed by atoms with Gasteiger partial charge in [-0.3, -0.25) is 0 Å². The average Bonchev–Trinajstić information content (AvgIpc) is 2.43. The molecule has 0 aliphatic carbocycles. The summed E-state index contributed by atoms with van der Waals surface area (Å²) in [4.78, 5) is 13.5. The van der Waals surface area contributed by atoms with Crippen LogP contribution >= 0.6 is 0 Å². The fraction of sp³-hybridized carbons (Fsp3) is 0.562. The Kier molecular flexibility index (Phi) is 7.09. The van der Waals surface area contributed by atoms with Crippen molar-refractivity contribution in [2.45, 2.75) is 45.6 Å². The zero-order valence-electron chi connectivity index (χ0n) is 12.7. The number of amides is 2. The molecule has 1 unspecified atom stereocenters. The van der Waals surface area contributed by atoms with Gasteiger partial charge in [-0.15, -0.1) is 0 Å². The smallest absolute Gasteiger partial charge is 0.321 e. The maximum absolute atomic E-state index is 11.9. The molecule has 0 fully saturated rings. The Balaban J connectivity index is 2.45. The molecule has 112 valence electrons. The first-order valence-corrected chi connectivity index (χ1v) is 7.32. The van der Waals surface area contributed by atoms with Crippen LogP contribution in [0.3, 0.4) is 0 Å². The molecule has 4 nitrogen and oxygen atoms in total. The number of anilines is 1. The number of aliphatic hydroxyl groups is 1. The Morgan fingerprint density at radius 1 is 1.35 bits per heavy atom. The fourth-order valence-electron chi connectivity index (χ4n) is 1.84. The number of unbranched alkanes of at least 4 members (excludes halogenated alkanes) is 1. The molecule has 1 atom stereocenters. The molecule has 20 heavy (non-hydrogen) atoms. The van der Waals surface area contributed by atoms with E-state index < -0.39 is 0 Å². The standard InChI is InChI=1S/C16H26N2O2/c1-4-5-6-14-7-9-15(10-8-14)17-16(20)18(3)12-11-13(2)19/h7-10,13,19H,4-6,11-12H2,1-3H3,(H,17,20). The summed E-state index contributed by atoms with van der Waals surface area (Å²) >= 11 is 0. The van der Waals surface area contributed by atoms with Gasteiger partial charge in [0.2, 0.25) is 0 Å². The van der Waals surface area contributed by atoms with Gasteiger partial charge in [0.1, 0.15) is 0 Å². The van der Waals surface area contributed by atoms with Gasteiger partial charge in [-0.1, -0.05) is 25.5 Å². The van der Waals surface area contributed by atoms with Crippen molar-refractivity contribution >= 4 is 11.7 Å². The van der Waals surface area contributed by atoms with Crippen molar-refractivity contribution in [3.05, 3.63) is 29.8 Å². The predicted octanol–water partition coefficient (Wildman–Crippen LogP) is 3.26. The third-order valence-electron chi connectivity index (χ3n) is 3.25. The molecule has 4 heteroatoms. The lowest BCUT2D eigenvalue weighted by atomic mass is 10.1. The third-order valence-corrected chi connectivity index (χ3v) is 3.25. The molecule has 2 N–H and O–H groups in total. The highest BCUT2D eigenvalue weighted by molar-refractivity contribution is 5.89. The van der Waals surface area contributed by atoms with Crippen LogP contribution in [-0.2, 0) is 6.42 Å². The molecule has 0 saturated heterocycles. The zero-order valence-corrected chi connectivity index (χ0v) is 12.7. The number of hydrogen-bond acceptors (Lipinski definition) is 2. The SMILES string of the molecule is CCCCc1ccc(NC(=O)N(C)CCC(C)O)cc1. The van der Waals surface area contributed by atoms with E-state index in [9.17, 15) is 9.90 Å². The summed E-state index contributed by atoms with van der Waals surface area (Å²) in [5, 5.41) is 12.1. The molecule has 0 heterocycles. The second-order valence-corrected chi connectivity index (χ2v) is 5.29. The normalized spacial score (nSPS) is 12.0. The van der Waals surface area contributed by atoms with Gasteiger partial charge in [0.05, 0.1) is 6.10 Å². The van der Waals surface area contributed by atoms with Gasteiger partial charge in [0, 0.05) is 19.3 Å². The maximum Gasteiger partial charge on any atom is 0.321 e. The molecular formula is C16H26N2O2. The van der Waals surface area contributed by atoms with E-state index in [-0.39, 0.29) is 12.1 Å². The number of aliphatic hydroxyl groups excluding tert-OH is 1. The monoisotopic (exact) mass is 278 g/mol. The van der Waals surface area contributed by atoms with Gasteiger partial charge < -0.3 is 15.3 Å². The minimum atomic E-state index is -0.386. The lowest BCUT2D eigenvalue weighted by molar-refractivity contribution is 0.167. The summed E-state index contributed by atoms with van der Waals surface area (Å²) in [7, 11) is 1.73. The Morgan fingerprint density at radius 3 is 2.55 bits per heavy atom. The number of aryl methyl sites for hydroxylation is 1. The van der Waals surface area contributed by atoms with Crippen LogP contribution < -0.4 is 5.32 Å². The topological polar surface area (TPSA) is 52.6 Å². The Labute approximate surface area is 121 Å². The zero-order chi connectivity index (χ0) is 15.0. The van der Waals surface area contributed by atoms with Crippen LogP contribution in [0.1, 0.15) is 38.7 Å². The molecule has 0 spiro atoms. The minimum Gasteiger partial charge on any atom is -0.393 e. The second kappa shape index (κ2) is 8.59. The van der Waals surface area contributed by atoms with Crippen LogP contribution in [0.2, 0.25) is 0 Å². The number of rotatable bonds is 7. The summed E-state index contributed by atoms with van der Waals surface area (Å²) in [6.07, 6.45) is 3.65. The summed E-state index contributed by atoms with van der Waals surface area (Å²) in [6.45, 7) is 4.44. The van der Waals surface area contributed by atoms with Gasteiger partial charge in [0.25, 0.3) is 0 Å². The van der Waals surface area contributed by atoms with Gasteiger partial charge >= 0.3 is 6.03 Å². The lowest BCUT2D eigenvalue weighted by Gasteiger charge is -2.18. The van der Waals surface area contributed by atoms with E-state index in [0.717, 1.165) is 12.1 Å². The number of carbonyl (C=O) groups is 1. The second-order valence-electron chi connectivity index (χ2n) is 5.29. The van der Waals surface area contributed by atoms with Crippen LogP contribution in [0.15, 0.2) is 24.3 Å². The van der Waals surface area contributed by atoms with Crippen LogP contribution in [-0.4, -0.2) is 35.7 Å². The molecule has 0 radical (unpaired) electrons. The maximum atomic E-state index is 11.9. The van der Waals surface area contributed by atoms with Crippen molar-refractivity contribution in [3.63, 3.8) is 0 Å². The summed E-state index contributed by atoms with van der Waals surface area (Å²) in [5.41, 5.74) is 2.10. The van der Waals surface area contributed by atoms with Gasteiger partial charge in [-0.05, 0) is 43.9 Å². The van der Waals surface area contributed by atoms with Gasteiger partial charge in [-0.25, -0.2) is 4.79 Å². The Morgan fingerprint density at radius 2 is 2.00 bits per heavy atom. The van der Waals surface area contributed by atoms with Gasteiger partial charge in [0.15, 0.2) is 0 Å². The molecule has 2 amide bonds. The molecular weight excluding hydrogens is 252 g/mol. The van der Waals surface area contributed by atoms with E-state index in [1.165, 1.54) is 18.4 Å². The molecule has 0 aliphatic rings.